The van der Waals surface area contributed by atoms with Gasteiger partial charge in [-0.25, -0.2) is 9.78 Å². The summed E-state index contributed by atoms with van der Waals surface area (Å²) in [5.41, 5.74) is 3.99. The molecule has 1 aliphatic heterocycles. The molecular weight excluding hydrogens is 348 g/mol. The average molecular weight is 374 g/mol. The maximum atomic E-state index is 12.2. The highest BCUT2D eigenvalue weighted by Gasteiger charge is 2.14. The maximum absolute atomic E-state index is 12.2. The minimum atomic E-state index is -0.209. The van der Waals surface area contributed by atoms with E-state index in [4.69, 9.17) is 4.98 Å². The zero-order chi connectivity index (χ0) is 19.3. The van der Waals surface area contributed by atoms with Gasteiger partial charge in [-0.05, 0) is 61.6 Å². The van der Waals surface area contributed by atoms with E-state index in [1.54, 1.807) is 0 Å². The number of carbonyl (C=O) groups excluding carboxylic acids is 1. The lowest BCUT2D eigenvalue weighted by Crippen LogP contribution is -2.30. The van der Waals surface area contributed by atoms with Gasteiger partial charge in [-0.3, -0.25) is 0 Å². The first-order chi connectivity index (χ1) is 13.7. The number of pyridine rings is 1. The molecule has 0 bridgehead atoms. The fraction of sp³-hybridized carbons (Fsp3) is 0.304. The van der Waals surface area contributed by atoms with Gasteiger partial charge in [-0.2, -0.15) is 0 Å². The molecular formula is C23H26N4O. The van der Waals surface area contributed by atoms with E-state index in [1.165, 1.54) is 24.8 Å². The van der Waals surface area contributed by atoms with Crippen LogP contribution in [0.5, 0.6) is 0 Å². The molecule has 2 N–H and O–H groups in total. The number of fused-ring (bicyclic) bond motifs is 1. The Morgan fingerprint density at radius 2 is 1.82 bits per heavy atom. The fourth-order valence-electron chi connectivity index (χ4n) is 3.69. The molecule has 5 nitrogen and oxygen atoms in total. The van der Waals surface area contributed by atoms with Crippen molar-refractivity contribution in [1.29, 1.82) is 0 Å². The molecule has 2 aromatic carbocycles. The number of aryl methyl sites for hydroxylation is 1. The number of rotatable bonds is 4. The van der Waals surface area contributed by atoms with Crippen LogP contribution in [0.2, 0.25) is 0 Å². The second-order valence-electron chi connectivity index (χ2n) is 7.37. The largest absolute Gasteiger partial charge is 0.357 e. The summed E-state index contributed by atoms with van der Waals surface area (Å²) in [5, 5.41) is 6.88. The Kier molecular flexibility index (Phi) is 5.42. The summed E-state index contributed by atoms with van der Waals surface area (Å²) in [6.07, 6.45) is 3.78. The van der Waals surface area contributed by atoms with Crippen LogP contribution in [0.4, 0.5) is 16.3 Å². The van der Waals surface area contributed by atoms with Crippen LogP contribution in [-0.4, -0.2) is 24.1 Å². The van der Waals surface area contributed by atoms with Crippen LogP contribution in [0.3, 0.4) is 0 Å². The minimum absolute atomic E-state index is 0.209. The van der Waals surface area contributed by atoms with Gasteiger partial charge in [-0.1, -0.05) is 30.3 Å². The average Bonchev–Trinajstić information content (AvgIpc) is 2.74. The van der Waals surface area contributed by atoms with Crippen LogP contribution >= 0.6 is 0 Å². The molecule has 0 unspecified atom stereocenters. The Bertz CT molecular complexity index is 965. The molecule has 0 saturated carbocycles. The molecule has 2 heterocycles. The molecule has 0 atom stereocenters. The van der Waals surface area contributed by atoms with E-state index < -0.39 is 0 Å². The van der Waals surface area contributed by atoms with Crippen molar-refractivity contribution in [3.05, 3.63) is 65.7 Å². The number of carbonyl (C=O) groups is 1. The summed E-state index contributed by atoms with van der Waals surface area (Å²) in [5.74, 6) is 1.06. The third-order valence-electron chi connectivity index (χ3n) is 5.24. The first kappa shape index (κ1) is 18.3. The summed E-state index contributed by atoms with van der Waals surface area (Å²) in [4.78, 5) is 19.5. The van der Waals surface area contributed by atoms with E-state index in [0.29, 0.717) is 6.54 Å². The number of hydrogen-bond donors (Lipinski definition) is 2. The highest BCUT2D eigenvalue weighted by molar-refractivity contribution is 5.93. The molecule has 4 rings (SSSR count). The molecule has 0 aliphatic carbocycles. The van der Waals surface area contributed by atoms with E-state index in [-0.39, 0.29) is 6.03 Å². The predicted octanol–water partition coefficient (Wildman–Crippen LogP) is 4.86. The van der Waals surface area contributed by atoms with Gasteiger partial charge in [0, 0.05) is 30.7 Å². The normalized spacial score (nSPS) is 14.1. The standard InChI is InChI=1S/C23H26N4O/c1-17-14-22(27-12-6-3-7-13-27)26-21-11-10-19(15-20(17)21)25-23(28)24-16-18-8-4-2-5-9-18/h2,4-5,8-11,14-15H,3,6-7,12-13,16H2,1H3,(H2,24,25,28). The molecule has 1 saturated heterocycles. The highest BCUT2D eigenvalue weighted by atomic mass is 16.2. The van der Waals surface area contributed by atoms with Gasteiger partial charge < -0.3 is 15.5 Å². The van der Waals surface area contributed by atoms with E-state index in [0.717, 1.165) is 41.1 Å². The van der Waals surface area contributed by atoms with Crippen molar-refractivity contribution in [2.45, 2.75) is 32.7 Å². The minimum Gasteiger partial charge on any atom is -0.357 e. The first-order valence-electron chi connectivity index (χ1n) is 9.94. The number of urea groups is 1. The lowest BCUT2D eigenvalue weighted by Gasteiger charge is -2.28. The van der Waals surface area contributed by atoms with E-state index in [2.05, 4.69) is 28.5 Å². The van der Waals surface area contributed by atoms with E-state index in [1.807, 2.05) is 48.5 Å². The molecule has 2 amide bonds. The number of hydrogen-bond acceptors (Lipinski definition) is 3. The summed E-state index contributed by atoms with van der Waals surface area (Å²) >= 11 is 0. The van der Waals surface area contributed by atoms with Gasteiger partial charge in [0.2, 0.25) is 0 Å². The van der Waals surface area contributed by atoms with E-state index >= 15 is 0 Å². The van der Waals surface area contributed by atoms with Gasteiger partial charge >= 0.3 is 6.03 Å². The number of piperidine rings is 1. The van der Waals surface area contributed by atoms with Crippen molar-refractivity contribution >= 4 is 28.4 Å². The lowest BCUT2D eigenvalue weighted by atomic mass is 10.1. The topological polar surface area (TPSA) is 57.3 Å². The highest BCUT2D eigenvalue weighted by Crippen LogP contribution is 2.26. The van der Waals surface area contributed by atoms with Gasteiger partial charge in [0.1, 0.15) is 5.82 Å². The van der Waals surface area contributed by atoms with Gasteiger partial charge in [0.15, 0.2) is 0 Å². The predicted molar refractivity (Wildman–Crippen MR) is 115 cm³/mol. The Morgan fingerprint density at radius 3 is 2.61 bits per heavy atom. The zero-order valence-corrected chi connectivity index (χ0v) is 16.2. The molecule has 1 fully saturated rings. The SMILES string of the molecule is Cc1cc(N2CCCCC2)nc2ccc(NC(=O)NCc3ccccc3)cc12. The smallest absolute Gasteiger partial charge is 0.319 e. The van der Waals surface area contributed by atoms with Crippen molar-refractivity contribution < 1.29 is 4.79 Å². The Morgan fingerprint density at radius 1 is 1.04 bits per heavy atom. The molecule has 144 valence electrons. The molecule has 0 radical (unpaired) electrons. The summed E-state index contributed by atoms with van der Waals surface area (Å²) in [6, 6.07) is 17.7. The Balaban J connectivity index is 1.46. The third-order valence-corrected chi connectivity index (χ3v) is 5.24. The van der Waals surface area contributed by atoms with Crippen LogP contribution in [0.15, 0.2) is 54.6 Å². The van der Waals surface area contributed by atoms with Crippen LogP contribution in [0.1, 0.15) is 30.4 Å². The van der Waals surface area contributed by atoms with Gasteiger partial charge in [0.05, 0.1) is 5.52 Å². The molecule has 5 heteroatoms. The van der Waals surface area contributed by atoms with Crippen molar-refractivity contribution in [3.63, 3.8) is 0 Å². The number of nitrogens with one attached hydrogen (secondary N) is 2. The van der Waals surface area contributed by atoms with Crippen LogP contribution in [0, 0.1) is 6.92 Å². The number of amides is 2. The zero-order valence-electron chi connectivity index (χ0n) is 16.2. The van der Waals surface area contributed by atoms with Crippen LogP contribution < -0.4 is 15.5 Å². The Labute approximate surface area is 165 Å². The summed E-state index contributed by atoms with van der Waals surface area (Å²) < 4.78 is 0. The Hall–Kier alpha value is -3.08. The maximum Gasteiger partial charge on any atom is 0.319 e. The monoisotopic (exact) mass is 374 g/mol. The number of aromatic nitrogens is 1. The van der Waals surface area contributed by atoms with Crippen LogP contribution in [0.25, 0.3) is 10.9 Å². The number of anilines is 2. The van der Waals surface area contributed by atoms with Crippen molar-refractivity contribution in [2.24, 2.45) is 0 Å². The third kappa shape index (κ3) is 4.25. The molecule has 1 aliphatic rings. The van der Waals surface area contributed by atoms with Gasteiger partial charge in [0.25, 0.3) is 0 Å². The fourth-order valence-corrected chi connectivity index (χ4v) is 3.69. The molecule has 0 spiro atoms. The van der Waals surface area contributed by atoms with E-state index in [9.17, 15) is 4.79 Å². The lowest BCUT2D eigenvalue weighted by molar-refractivity contribution is 0.251. The summed E-state index contributed by atoms with van der Waals surface area (Å²) in [7, 11) is 0. The molecule has 3 aromatic rings. The van der Waals surface area contributed by atoms with Crippen LogP contribution in [-0.2, 0) is 6.54 Å². The summed E-state index contributed by atoms with van der Waals surface area (Å²) in [6.45, 7) is 4.77. The second-order valence-corrected chi connectivity index (χ2v) is 7.37. The first-order valence-corrected chi connectivity index (χ1v) is 9.94. The quantitative estimate of drug-likeness (QED) is 0.686. The van der Waals surface area contributed by atoms with Crippen molar-refractivity contribution in [2.75, 3.05) is 23.3 Å². The van der Waals surface area contributed by atoms with Crippen molar-refractivity contribution in [1.82, 2.24) is 10.3 Å². The van der Waals surface area contributed by atoms with Gasteiger partial charge in [-0.15, -0.1) is 0 Å². The van der Waals surface area contributed by atoms with Crippen molar-refractivity contribution in [3.8, 4) is 0 Å². The molecule has 1 aromatic heterocycles. The number of nitrogens with zero attached hydrogens (tertiary/aromatic N) is 2. The number of benzene rings is 2. The second kappa shape index (κ2) is 8.30. The molecule has 28 heavy (non-hydrogen) atoms.